The summed E-state index contributed by atoms with van der Waals surface area (Å²) in [6.07, 6.45) is 1.08. The Balaban J connectivity index is 1.91. The summed E-state index contributed by atoms with van der Waals surface area (Å²) in [6, 6.07) is 16.1. The Bertz CT molecular complexity index is 635. The number of nitrogens with two attached hydrogens (primary N) is 1. The van der Waals surface area contributed by atoms with Crippen LogP contribution in [0.1, 0.15) is 16.7 Å². The minimum absolute atomic E-state index is 0.154. The van der Waals surface area contributed by atoms with Crippen LogP contribution < -0.4 is 5.73 Å². The Morgan fingerprint density at radius 3 is 1.91 bits per heavy atom. The van der Waals surface area contributed by atoms with Gasteiger partial charge in [0.15, 0.2) is 0 Å². The van der Waals surface area contributed by atoms with Gasteiger partial charge in [0.25, 0.3) is 0 Å². The maximum absolute atomic E-state index is 12.0. The third-order valence-electron chi connectivity index (χ3n) is 3.44. The van der Waals surface area contributed by atoms with E-state index in [0.29, 0.717) is 12.8 Å². The summed E-state index contributed by atoms with van der Waals surface area (Å²) < 4.78 is 0. The van der Waals surface area contributed by atoms with Gasteiger partial charge in [0.05, 0.1) is 0 Å². The van der Waals surface area contributed by atoms with E-state index in [9.17, 15) is 9.59 Å². The standard InChI is InChI=1S/C18H19NO3/c19-17(18(21)22)12-15-8-6-14(7-9-15)11-16(20)10-13-4-2-1-3-5-13/h1-9,17H,10-12,19H2,(H,21,22)/t17-/m0/s1. The molecule has 0 spiro atoms. The monoisotopic (exact) mass is 297 g/mol. The molecule has 0 aliphatic rings. The van der Waals surface area contributed by atoms with E-state index < -0.39 is 12.0 Å². The van der Waals surface area contributed by atoms with E-state index in [2.05, 4.69) is 0 Å². The molecule has 4 heteroatoms. The molecule has 0 fully saturated rings. The summed E-state index contributed by atoms with van der Waals surface area (Å²) in [5.41, 5.74) is 8.29. The van der Waals surface area contributed by atoms with Crippen molar-refractivity contribution in [3.63, 3.8) is 0 Å². The van der Waals surface area contributed by atoms with E-state index in [4.69, 9.17) is 10.8 Å². The Morgan fingerprint density at radius 1 is 0.864 bits per heavy atom. The summed E-state index contributed by atoms with van der Waals surface area (Å²) in [5.74, 6) is -0.858. The van der Waals surface area contributed by atoms with Gasteiger partial charge in [-0.1, -0.05) is 54.6 Å². The third kappa shape index (κ3) is 4.82. The minimum Gasteiger partial charge on any atom is -0.480 e. The molecule has 0 aliphatic heterocycles. The van der Waals surface area contributed by atoms with Gasteiger partial charge in [-0.05, 0) is 23.1 Å². The highest BCUT2D eigenvalue weighted by Crippen LogP contribution is 2.09. The fourth-order valence-corrected chi connectivity index (χ4v) is 2.25. The van der Waals surface area contributed by atoms with Crippen molar-refractivity contribution in [1.29, 1.82) is 0 Å². The smallest absolute Gasteiger partial charge is 0.320 e. The maximum atomic E-state index is 12.0. The SMILES string of the molecule is N[C@@H](Cc1ccc(CC(=O)Cc2ccccc2)cc1)C(=O)O. The number of benzene rings is 2. The minimum atomic E-state index is -1.01. The van der Waals surface area contributed by atoms with Crippen LogP contribution in [-0.4, -0.2) is 22.9 Å². The average Bonchev–Trinajstić information content (AvgIpc) is 2.50. The number of rotatable bonds is 7. The van der Waals surface area contributed by atoms with E-state index in [1.165, 1.54) is 0 Å². The largest absolute Gasteiger partial charge is 0.480 e. The molecule has 0 unspecified atom stereocenters. The van der Waals surface area contributed by atoms with Crippen LogP contribution in [0.4, 0.5) is 0 Å². The number of Topliss-reactive ketones (excluding diaryl/α,β-unsaturated/α-hetero) is 1. The van der Waals surface area contributed by atoms with Gasteiger partial charge < -0.3 is 10.8 Å². The number of carbonyl (C=O) groups excluding carboxylic acids is 1. The van der Waals surface area contributed by atoms with Crippen LogP contribution in [0.2, 0.25) is 0 Å². The van der Waals surface area contributed by atoms with E-state index in [0.717, 1.165) is 16.7 Å². The van der Waals surface area contributed by atoms with Crippen molar-refractivity contribution < 1.29 is 14.7 Å². The first-order chi connectivity index (χ1) is 10.5. The van der Waals surface area contributed by atoms with Gasteiger partial charge in [-0.2, -0.15) is 0 Å². The number of ketones is 1. The summed E-state index contributed by atoms with van der Waals surface area (Å²) in [5, 5.41) is 8.79. The highest BCUT2D eigenvalue weighted by Gasteiger charge is 2.12. The van der Waals surface area contributed by atoms with Crippen LogP contribution >= 0.6 is 0 Å². The van der Waals surface area contributed by atoms with Gasteiger partial charge in [-0.25, -0.2) is 0 Å². The molecule has 1 atom stereocenters. The number of hydrogen-bond donors (Lipinski definition) is 2. The van der Waals surface area contributed by atoms with Crippen LogP contribution in [0.5, 0.6) is 0 Å². The average molecular weight is 297 g/mol. The topological polar surface area (TPSA) is 80.4 Å². The van der Waals surface area contributed by atoms with Gasteiger partial charge in [-0.3, -0.25) is 9.59 Å². The van der Waals surface area contributed by atoms with Crippen LogP contribution in [0, 0.1) is 0 Å². The molecule has 0 heterocycles. The van der Waals surface area contributed by atoms with E-state index >= 15 is 0 Å². The summed E-state index contributed by atoms with van der Waals surface area (Å²) in [6.45, 7) is 0. The van der Waals surface area contributed by atoms with Crippen molar-refractivity contribution in [3.05, 3.63) is 71.3 Å². The first kappa shape index (κ1) is 15.9. The van der Waals surface area contributed by atoms with Crippen molar-refractivity contribution in [2.75, 3.05) is 0 Å². The summed E-state index contributed by atoms with van der Waals surface area (Å²) in [4.78, 5) is 22.8. The molecular weight excluding hydrogens is 278 g/mol. The highest BCUT2D eigenvalue weighted by atomic mass is 16.4. The zero-order valence-corrected chi connectivity index (χ0v) is 12.2. The molecule has 0 saturated carbocycles. The molecule has 22 heavy (non-hydrogen) atoms. The molecule has 0 bridgehead atoms. The lowest BCUT2D eigenvalue weighted by Gasteiger charge is -2.07. The molecule has 2 rings (SSSR count). The van der Waals surface area contributed by atoms with Crippen molar-refractivity contribution in [2.45, 2.75) is 25.3 Å². The summed E-state index contributed by atoms with van der Waals surface area (Å²) in [7, 11) is 0. The number of carboxylic acid groups (broad SMARTS) is 1. The third-order valence-corrected chi connectivity index (χ3v) is 3.44. The molecule has 0 radical (unpaired) electrons. The molecule has 114 valence electrons. The number of carboxylic acids is 1. The number of carbonyl (C=O) groups is 2. The van der Waals surface area contributed by atoms with Gasteiger partial charge in [0.2, 0.25) is 0 Å². The summed E-state index contributed by atoms with van der Waals surface area (Å²) >= 11 is 0. The number of aliphatic carboxylic acids is 1. The van der Waals surface area contributed by atoms with Crippen LogP contribution in [0.15, 0.2) is 54.6 Å². The molecule has 3 N–H and O–H groups in total. The molecule has 0 saturated heterocycles. The van der Waals surface area contributed by atoms with Crippen molar-refractivity contribution >= 4 is 11.8 Å². The lowest BCUT2D eigenvalue weighted by Crippen LogP contribution is -2.32. The Morgan fingerprint density at radius 2 is 1.36 bits per heavy atom. The molecule has 4 nitrogen and oxygen atoms in total. The Kier molecular flexibility index (Phi) is 5.44. The zero-order valence-electron chi connectivity index (χ0n) is 12.2. The van der Waals surface area contributed by atoms with Crippen LogP contribution in [0.25, 0.3) is 0 Å². The molecule has 0 aliphatic carbocycles. The zero-order chi connectivity index (χ0) is 15.9. The van der Waals surface area contributed by atoms with E-state index in [1.807, 2.05) is 54.6 Å². The lowest BCUT2D eigenvalue weighted by atomic mass is 10.00. The van der Waals surface area contributed by atoms with Crippen molar-refractivity contribution in [3.8, 4) is 0 Å². The van der Waals surface area contributed by atoms with Gasteiger partial charge >= 0.3 is 5.97 Å². The first-order valence-corrected chi connectivity index (χ1v) is 7.16. The van der Waals surface area contributed by atoms with Gasteiger partial charge in [-0.15, -0.1) is 0 Å². The molecule has 2 aromatic carbocycles. The molecular formula is C18H19NO3. The molecule has 2 aromatic rings. The highest BCUT2D eigenvalue weighted by molar-refractivity contribution is 5.83. The Hall–Kier alpha value is -2.46. The second kappa shape index (κ2) is 7.52. The van der Waals surface area contributed by atoms with E-state index in [1.54, 1.807) is 0 Å². The maximum Gasteiger partial charge on any atom is 0.320 e. The quantitative estimate of drug-likeness (QED) is 0.819. The normalized spacial score (nSPS) is 11.9. The van der Waals surface area contributed by atoms with Crippen LogP contribution in [0.3, 0.4) is 0 Å². The first-order valence-electron chi connectivity index (χ1n) is 7.16. The van der Waals surface area contributed by atoms with E-state index in [-0.39, 0.29) is 12.2 Å². The van der Waals surface area contributed by atoms with Gasteiger partial charge in [0, 0.05) is 12.8 Å². The second-order valence-electron chi connectivity index (χ2n) is 5.34. The van der Waals surface area contributed by atoms with Crippen LogP contribution in [-0.2, 0) is 28.9 Å². The molecule has 0 aromatic heterocycles. The fourth-order valence-electron chi connectivity index (χ4n) is 2.25. The van der Waals surface area contributed by atoms with Crippen molar-refractivity contribution in [2.24, 2.45) is 5.73 Å². The fraction of sp³-hybridized carbons (Fsp3) is 0.222. The predicted molar refractivity (Wildman–Crippen MR) is 84.6 cm³/mol. The number of hydrogen-bond acceptors (Lipinski definition) is 3. The Labute approximate surface area is 129 Å². The van der Waals surface area contributed by atoms with Crippen molar-refractivity contribution in [1.82, 2.24) is 0 Å². The molecule has 0 amide bonds. The van der Waals surface area contributed by atoms with Gasteiger partial charge in [0.1, 0.15) is 11.8 Å². The predicted octanol–water partition coefficient (Wildman–Crippen LogP) is 2.00. The second-order valence-corrected chi connectivity index (χ2v) is 5.34. The lowest BCUT2D eigenvalue weighted by molar-refractivity contribution is -0.138.